The number of nitrogens with one attached hydrogen (secondary N) is 1. The molecule has 0 radical (unpaired) electrons. The molecule has 0 unspecified atom stereocenters. The number of methoxy groups -OCH3 is 1. The maximum Gasteiger partial charge on any atom is 0.213 e. The van der Waals surface area contributed by atoms with Gasteiger partial charge in [0.05, 0.1) is 5.02 Å². The fourth-order valence-electron chi connectivity index (χ4n) is 2.54. The molecule has 0 atom stereocenters. The maximum absolute atomic E-state index is 10.5. The fourth-order valence-corrected chi connectivity index (χ4v) is 4.34. The molecule has 142 valence electrons. The topological polar surface area (TPSA) is 71.4 Å². The van der Waals surface area contributed by atoms with Gasteiger partial charge in [-0.05, 0) is 49.0 Å². The van der Waals surface area contributed by atoms with Crippen LogP contribution in [0.25, 0.3) is 11.3 Å². The minimum atomic E-state index is -0.0337. The smallest absolute Gasteiger partial charge is 0.213 e. The van der Waals surface area contributed by atoms with Gasteiger partial charge in [0, 0.05) is 30.8 Å². The Balaban J connectivity index is 1.88. The van der Waals surface area contributed by atoms with Gasteiger partial charge in [-0.25, -0.2) is 0 Å². The highest BCUT2D eigenvalue weighted by molar-refractivity contribution is 7.73. The molecule has 1 aromatic carbocycles. The molecule has 0 aliphatic heterocycles. The van der Waals surface area contributed by atoms with Gasteiger partial charge in [0.15, 0.2) is 9.71 Å². The van der Waals surface area contributed by atoms with Crippen molar-refractivity contribution in [2.45, 2.75) is 13.0 Å². The Morgan fingerprint density at radius 3 is 2.81 bits per heavy atom. The highest BCUT2D eigenvalue weighted by atomic mass is 35.5. The lowest BCUT2D eigenvalue weighted by Crippen LogP contribution is -2.03. The Morgan fingerprint density at radius 2 is 2.11 bits per heavy atom. The Hall–Kier alpha value is -1.64. The summed E-state index contributed by atoms with van der Waals surface area (Å²) in [4.78, 5) is 0.362. The van der Waals surface area contributed by atoms with E-state index in [9.17, 15) is 5.11 Å². The normalized spacial score (nSPS) is 11.1. The number of aromatic nitrogens is 1. The van der Waals surface area contributed by atoms with Crippen LogP contribution in [0.15, 0.2) is 34.7 Å². The van der Waals surface area contributed by atoms with Crippen molar-refractivity contribution in [3.63, 3.8) is 0 Å². The predicted molar refractivity (Wildman–Crippen MR) is 111 cm³/mol. The summed E-state index contributed by atoms with van der Waals surface area (Å²) >= 11 is 18.6. The lowest BCUT2D eigenvalue weighted by atomic mass is 10.2. The Morgan fingerprint density at radius 1 is 1.33 bits per heavy atom. The van der Waals surface area contributed by atoms with E-state index in [0.717, 1.165) is 0 Å². The second-order valence-corrected chi connectivity index (χ2v) is 8.17. The molecular formula is C18H16Cl2N2O3S2. The lowest BCUT2D eigenvalue weighted by molar-refractivity contribution is 0.189. The number of thiazole rings is 1. The second-order valence-electron chi connectivity index (χ2n) is 5.68. The van der Waals surface area contributed by atoms with Gasteiger partial charge in [-0.1, -0.05) is 34.5 Å². The third kappa shape index (κ3) is 4.28. The van der Waals surface area contributed by atoms with Gasteiger partial charge in [0.2, 0.25) is 5.88 Å². The van der Waals surface area contributed by atoms with Gasteiger partial charge in [-0.15, -0.1) is 0 Å². The number of hydrogen-bond donors (Lipinski definition) is 2. The Labute approximate surface area is 175 Å². The number of aromatic hydroxyl groups is 1. The zero-order valence-corrected chi connectivity index (χ0v) is 17.4. The van der Waals surface area contributed by atoms with E-state index in [1.807, 2.05) is 0 Å². The largest absolute Gasteiger partial charge is 0.493 e. The van der Waals surface area contributed by atoms with Crippen LogP contribution in [0.3, 0.4) is 0 Å². The Bertz CT molecular complexity index is 1040. The standard InChI is InChI=1S/C18H16Cl2N2O3S2/c1-24-8-2-7-22-17(23)16(27-18(22)26)15(21)14-6-5-13(25-14)11-4-3-10(19)9-12(11)20/h3-6,9,21,23H,2,7-8H2,1H3. The first-order valence-corrected chi connectivity index (χ1v) is 9.96. The van der Waals surface area contributed by atoms with E-state index in [2.05, 4.69) is 0 Å². The molecule has 9 heteroatoms. The first-order chi connectivity index (χ1) is 12.9. The second kappa shape index (κ2) is 8.58. The average molecular weight is 443 g/mol. The molecule has 0 bridgehead atoms. The van der Waals surface area contributed by atoms with Crippen molar-refractivity contribution in [3.8, 4) is 17.2 Å². The summed E-state index contributed by atoms with van der Waals surface area (Å²) in [6.07, 6.45) is 0.710. The molecule has 27 heavy (non-hydrogen) atoms. The zero-order chi connectivity index (χ0) is 19.6. The van der Waals surface area contributed by atoms with Gasteiger partial charge in [-0.2, -0.15) is 0 Å². The summed E-state index contributed by atoms with van der Waals surface area (Å²) in [5.41, 5.74) is 0.736. The van der Waals surface area contributed by atoms with E-state index in [1.165, 1.54) is 11.3 Å². The molecule has 2 aromatic heterocycles. The number of benzene rings is 1. The van der Waals surface area contributed by atoms with Crippen LogP contribution in [0.4, 0.5) is 0 Å². The van der Waals surface area contributed by atoms with E-state index in [0.29, 0.717) is 55.5 Å². The zero-order valence-electron chi connectivity index (χ0n) is 14.3. The van der Waals surface area contributed by atoms with Crippen LogP contribution >= 0.6 is 46.8 Å². The highest BCUT2D eigenvalue weighted by Gasteiger charge is 2.20. The molecule has 0 fully saturated rings. The highest BCUT2D eigenvalue weighted by Crippen LogP contribution is 2.34. The van der Waals surface area contributed by atoms with Crippen molar-refractivity contribution in [3.05, 3.63) is 55.0 Å². The number of furan rings is 1. The summed E-state index contributed by atoms with van der Waals surface area (Å²) in [5.74, 6) is 0.791. The number of halogens is 2. The van der Waals surface area contributed by atoms with Crippen molar-refractivity contribution < 1.29 is 14.3 Å². The van der Waals surface area contributed by atoms with Gasteiger partial charge in [-0.3, -0.25) is 9.98 Å². The molecule has 0 saturated carbocycles. The number of rotatable bonds is 7. The van der Waals surface area contributed by atoms with Crippen molar-refractivity contribution in [2.75, 3.05) is 13.7 Å². The molecule has 0 spiro atoms. The quantitative estimate of drug-likeness (QED) is 0.267. The molecule has 3 rings (SSSR count). The van der Waals surface area contributed by atoms with E-state index < -0.39 is 0 Å². The van der Waals surface area contributed by atoms with E-state index >= 15 is 0 Å². The van der Waals surface area contributed by atoms with E-state index in [1.54, 1.807) is 42.0 Å². The van der Waals surface area contributed by atoms with Crippen LogP contribution in [0.5, 0.6) is 5.88 Å². The molecule has 0 aliphatic carbocycles. The maximum atomic E-state index is 10.5. The molecule has 0 saturated heterocycles. The Kier molecular flexibility index (Phi) is 6.39. The molecule has 2 N–H and O–H groups in total. The molecule has 0 amide bonds. The summed E-state index contributed by atoms with van der Waals surface area (Å²) in [7, 11) is 1.62. The van der Waals surface area contributed by atoms with E-state index in [-0.39, 0.29) is 11.6 Å². The molecule has 0 aliphatic rings. The van der Waals surface area contributed by atoms with Gasteiger partial charge >= 0.3 is 0 Å². The fraction of sp³-hybridized carbons (Fsp3) is 0.222. The lowest BCUT2D eigenvalue weighted by Gasteiger charge is -2.05. The van der Waals surface area contributed by atoms with Gasteiger partial charge in [0.1, 0.15) is 16.3 Å². The van der Waals surface area contributed by atoms with Gasteiger partial charge < -0.3 is 14.3 Å². The van der Waals surface area contributed by atoms with Crippen LogP contribution in [-0.2, 0) is 11.3 Å². The van der Waals surface area contributed by atoms with Crippen molar-refractivity contribution >= 4 is 52.5 Å². The molecule has 5 nitrogen and oxygen atoms in total. The van der Waals surface area contributed by atoms with Crippen molar-refractivity contribution in [2.24, 2.45) is 0 Å². The van der Waals surface area contributed by atoms with Crippen LogP contribution < -0.4 is 0 Å². The monoisotopic (exact) mass is 442 g/mol. The first-order valence-electron chi connectivity index (χ1n) is 7.98. The van der Waals surface area contributed by atoms with Crippen LogP contribution in [0.1, 0.15) is 17.1 Å². The van der Waals surface area contributed by atoms with Crippen LogP contribution in [0.2, 0.25) is 10.0 Å². The van der Waals surface area contributed by atoms with Gasteiger partial charge in [0.25, 0.3) is 0 Å². The molecular weight excluding hydrogens is 427 g/mol. The summed E-state index contributed by atoms with van der Waals surface area (Å²) in [5, 5.41) is 19.9. The average Bonchev–Trinajstić information content (AvgIpc) is 3.21. The molecule has 2 heterocycles. The SMILES string of the molecule is COCCCn1c(O)c(C(=N)c2ccc(-c3ccc(Cl)cc3Cl)o2)sc1=S. The number of hydrogen-bond acceptors (Lipinski definition) is 6. The van der Waals surface area contributed by atoms with Crippen molar-refractivity contribution in [1.29, 1.82) is 5.41 Å². The summed E-state index contributed by atoms with van der Waals surface area (Å²) in [6.45, 7) is 1.08. The van der Waals surface area contributed by atoms with Crippen LogP contribution in [0, 0.1) is 9.36 Å². The third-order valence-corrected chi connectivity index (χ3v) is 5.88. The van der Waals surface area contributed by atoms with Crippen molar-refractivity contribution in [1.82, 2.24) is 4.57 Å². The minimum absolute atomic E-state index is 0.0337. The van der Waals surface area contributed by atoms with E-state index in [4.69, 9.17) is 50.0 Å². The number of nitrogens with zero attached hydrogens (tertiary/aromatic N) is 1. The number of ether oxygens (including phenoxy) is 1. The minimum Gasteiger partial charge on any atom is -0.493 e. The summed E-state index contributed by atoms with van der Waals surface area (Å²) < 4.78 is 12.9. The summed E-state index contributed by atoms with van der Waals surface area (Å²) in [6, 6.07) is 8.49. The predicted octanol–water partition coefficient (Wildman–Crippen LogP) is 6.00. The molecule has 3 aromatic rings. The third-order valence-electron chi connectivity index (χ3n) is 3.87. The first kappa shape index (κ1) is 20.1. The van der Waals surface area contributed by atoms with Crippen LogP contribution in [-0.4, -0.2) is 29.1 Å².